The Morgan fingerprint density at radius 1 is 1.33 bits per heavy atom. The molecule has 132 valence electrons. The Morgan fingerprint density at radius 3 is 2.54 bits per heavy atom. The van der Waals surface area contributed by atoms with Gasteiger partial charge < -0.3 is 14.4 Å². The van der Waals surface area contributed by atoms with Gasteiger partial charge in [-0.25, -0.2) is 4.79 Å². The number of likely N-dealkylation sites (tertiary alicyclic amines) is 1. The molecule has 1 heterocycles. The van der Waals surface area contributed by atoms with Crippen molar-refractivity contribution < 1.29 is 19.1 Å². The van der Waals surface area contributed by atoms with Gasteiger partial charge in [0.2, 0.25) is 0 Å². The molecule has 1 aliphatic heterocycles. The van der Waals surface area contributed by atoms with Crippen molar-refractivity contribution in [2.45, 2.75) is 39.2 Å². The number of benzene rings is 1. The lowest BCUT2D eigenvalue weighted by Crippen LogP contribution is -2.42. The predicted molar refractivity (Wildman–Crippen MR) is 101 cm³/mol. The fourth-order valence-electron chi connectivity index (χ4n) is 2.52. The number of hydrogen-bond acceptors (Lipinski definition) is 4. The SMILES string of the molecule is CC(C)(C)OC(=O)N1CCC(COc2ccc(C=O)cc2I)CC1. The van der Waals surface area contributed by atoms with E-state index in [0.717, 1.165) is 28.4 Å². The molecule has 0 N–H and O–H groups in total. The summed E-state index contributed by atoms with van der Waals surface area (Å²) in [7, 11) is 0. The van der Waals surface area contributed by atoms with E-state index in [9.17, 15) is 9.59 Å². The summed E-state index contributed by atoms with van der Waals surface area (Å²) in [5.74, 6) is 1.22. The van der Waals surface area contributed by atoms with Gasteiger partial charge in [0, 0.05) is 18.7 Å². The zero-order valence-corrected chi connectivity index (χ0v) is 16.5. The van der Waals surface area contributed by atoms with Crippen LogP contribution < -0.4 is 4.74 Å². The molecule has 0 aliphatic carbocycles. The van der Waals surface area contributed by atoms with Crippen LogP contribution in [0.15, 0.2) is 18.2 Å². The first kappa shape index (κ1) is 19.0. The van der Waals surface area contributed by atoms with Gasteiger partial charge in [0.25, 0.3) is 0 Å². The van der Waals surface area contributed by atoms with E-state index in [1.165, 1.54) is 0 Å². The molecule has 1 fully saturated rings. The number of amides is 1. The van der Waals surface area contributed by atoms with E-state index in [0.29, 0.717) is 31.2 Å². The average molecular weight is 445 g/mol. The molecule has 6 heteroatoms. The van der Waals surface area contributed by atoms with Crippen molar-refractivity contribution in [2.75, 3.05) is 19.7 Å². The maximum Gasteiger partial charge on any atom is 0.410 e. The van der Waals surface area contributed by atoms with Crippen molar-refractivity contribution >= 4 is 35.0 Å². The summed E-state index contributed by atoms with van der Waals surface area (Å²) < 4.78 is 12.2. The highest BCUT2D eigenvalue weighted by Crippen LogP contribution is 2.25. The zero-order chi connectivity index (χ0) is 17.7. The van der Waals surface area contributed by atoms with Crippen LogP contribution in [0.25, 0.3) is 0 Å². The molecular formula is C18H24INO4. The summed E-state index contributed by atoms with van der Waals surface area (Å²) in [5, 5.41) is 0. The Bertz CT molecular complexity index is 589. The summed E-state index contributed by atoms with van der Waals surface area (Å²) in [6.07, 6.45) is 2.41. The average Bonchev–Trinajstić information content (AvgIpc) is 2.52. The quantitative estimate of drug-likeness (QED) is 0.517. The minimum atomic E-state index is -0.457. The lowest BCUT2D eigenvalue weighted by Gasteiger charge is -2.33. The highest BCUT2D eigenvalue weighted by molar-refractivity contribution is 14.1. The lowest BCUT2D eigenvalue weighted by atomic mass is 9.98. The van der Waals surface area contributed by atoms with E-state index in [4.69, 9.17) is 9.47 Å². The summed E-state index contributed by atoms with van der Waals surface area (Å²) in [6.45, 7) is 7.65. The Kier molecular flexibility index (Phi) is 6.48. The number of rotatable bonds is 4. The molecule has 0 saturated carbocycles. The van der Waals surface area contributed by atoms with Crippen LogP contribution >= 0.6 is 22.6 Å². The van der Waals surface area contributed by atoms with E-state index in [2.05, 4.69) is 22.6 Å². The molecule has 0 aromatic heterocycles. The fourth-order valence-corrected chi connectivity index (χ4v) is 3.22. The zero-order valence-electron chi connectivity index (χ0n) is 14.4. The van der Waals surface area contributed by atoms with Crippen LogP contribution in [0, 0.1) is 9.49 Å². The Labute approximate surface area is 156 Å². The van der Waals surface area contributed by atoms with Gasteiger partial charge in [-0.15, -0.1) is 0 Å². The van der Waals surface area contributed by atoms with E-state index in [1.807, 2.05) is 32.9 Å². The van der Waals surface area contributed by atoms with E-state index in [-0.39, 0.29) is 6.09 Å². The summed E-state index contributed by atoms with van der Waals surface area (Å²) in [6, 6.07) is 5.41. The van der Waals surface area contributed by atoms with Crippen LogP contribution in [0.3, 0.4) is 0 Å². The maximum atomic E-state index is 12.0. The molecule has 2 rings (SSSR count). The minimum absolute atomic E-state index is 0.235. The number of nitrogens with zero attached hydrogens (tertiary/aromatic N) is 1. The molecule has 1 amide bonds. The summed E-state index contributed by atoms with van der Waals surface area (Å²) in [5.41, 5.74) is 0.193. The molecule has 1 aliphatic rings. The molecule has 0 atom stereocenters. The first-order valence-electron chi connectivity index (χ1n) is 8.14. The van der Waals surface area contributed by atoms with Gasteiger partial charge >= 0.3 is 6.09 Å². The van der Waals surface area contributed by atoms with Crippen molar-refractivity contribution in [3.8, 4) is 5.75 Å². The first-order chi connectivity index (χ1) is 11.3. The smallest absolute Gasteiger partial charge is 0.410 e. The second kappa shape index (κ2) is 8.18. The normalized spacial score (nSPS) is 15.9. The molecule has 0 spiro atoms. The molecule has 0 radical (unpaired) electrons. The van der Waals surface area contributed by atoms with Gasteiger partial charge in [-0.3, -0.25) is 4.79 Å². The maximum absolute atomic E-state index is 12.0. The first-order valence-corrected chi connectivity index (χ1v) is 9.22. The second-order valence-electron chi connectivity index (χ2n) is 7.03. The third-order valence-corrected chi connectivity index (χ3v) is 4.68. The van der Waals surface area contributed by atoms with Crippen molar-refractivity contribution in [1.29, 1.82) is 0 Å². The summed E-state index contributed by atoms with van der Waals surface area (Å²) in [4.78, 5) is 24.6. The molecule has 24 heavy (non-hydrogen) atoms. The van der Waals surface area contributed by atoms with E-state index < -0.39 is 5.60 Å². The van der Waals surface area contributed by atoms with Gasteiger partial charge in [-0.05, 0) is 80.3 Å². The van der Waals surface area contributed by atoms with E-state index in [1.54, 1.807) is 11.0 Å². The van der Waals surface area contributed by atoms with Crippen LogP contribution in [0.5, 0.6) is 5.75 Å². The minimum Gasteiger partial charge on any atom is -0.492 e. The third kappa shape index (κ3) is 5.65. The molecular weight excluding hydrogens is 421 g/mol. The molecule has 1 saturated heterocycles. The van der Waals surface area contributed by atoms with Crippen molar-refractivity contribution in [1.82, 2.24) is 4.90 Å². The van der Waals surface area contributed by atoms with Gasteiger partial charge in [-0.1, -0.05) is 0 Å². The number of piperidine rings is 1. The van der Waals surface area contributed by atoms with Gasteiger partial charge in [-0.2, -0.15) is 0 Å². The fraction of sp³-hybridized carbons (Fsp3) is 0.556. The third-order valence-electron chi connectivity index (χ3n) is 3.83. The van der Waals surface area contributed by atoms with Crippen molar-refractivity contribution in [2.24, 2.45) is 5.92 Å². The standard InChI is InChI=1S/C18H24INO4/c1-18(2,3)24-17(22)20-8-6-13(7-9-20)12-23-16-5-4-14(11-21)10-15(16)19/h4-5,10-11,13H,6-9,12H2,1-3H3. The predicted octanol–water partition coefficient (Wildman–Crippen LogP) is 4.13. The number of halogens is 1. The Hall–Kier alpha value is -1.31. The van der Waals surface area contributed by atoms with Crippen LogP contribution in [0.4, 0.5) is 4.79 Å². The Balaban J connectivity index is 1.79. The number of carbonyl (C=O) groups excluding carboxylic acids is 2. The van der Waals surface area contributed by atoms with E-state index >= 15 is 0 Å². The number of ether oxygens (including phenoxy) is 2. The highest BCUT2D eigenvalue weighted by Gasteiger charge is 2.27. The van der Waals surface area contributed by atoms with Crippen molar-refractivity contribution in [3.05, 3.63) is 27.3 Å². The van der Waals surface area contributed by atoms with Crippen LogP contribution in [-0.4, -0.2) is 42.6 Å². The summed E-state index contributed by atoms with van der Waals surface area (Å²) >= 11 is 2.17. The molecule has 1 aromatic rings. The number of carbonyl (C=O) groups is 2. The molecule has 0 unspecified atom stereocenters. The second-order valence-corrected chi connectivity index (χ2v) is 8.19. The number of hydrogen-bond donors (Lipinski definition) is 0. The van der Waals surface area contributed by atoms with Crippen molar-refractivity contribution in [3.63, 3.8) is 0 Å². The monoisotopic (exact) mass is 445 g/mol. The highest BCUT2D eigenvalue weighted by atomic mass is 127. The van der Waals surface area contributed by atoms with Crippen LogP contribution in [-0.2, 0) is 4.74 Å². The Morgan fingerprint density at radius 2 is 2.00 bits per heavy atom. The van der Waals surface area contributed by atoms with Crippen LogP contribution in [0.2, 0.25) is 0 Å². The van der Waals surface area contributed by atoms with Gasteiger partial charge in [0.15, 0.2) is 0 Å². The number of aldehydes is 1. The topological polar surface area (TPSA) is 55.8 Å². The van der Waals surface area contributed by atoms with Gasteiger partial charge in [0.05, 0.1) is 10.2 Å². The molecule has 5 nitrogen and oxygen atoms in total. The largest absolute Gasteiger partial charge is 0.492 e. The molecule has 0 bridgehead atoms. The van der Waals surface area contributed by atoms with Gasteiger partial charge in [0.1, 0.15) is 17.6 Å². The lowest BCUT2D eigenvalue weighted by molar-refractivity contribution is 0.0164. The molecule has 1 aromatic carbocycles. The van der Waals surface area contributed by atoms with Crippen LogP contribution in [0.1, 0.15) is 44.0 Å².